The molecule has 1 amide bonds. The van der Waals surface area contributed by atoms with E-state index in [0.29, 0.717) is 52.9 Å². The molecule has 0 bridgehead atoms. The number of rotatable bonds is 4. The fourth-order valence-electron chi connectivity index (χ4n) is 3.02. The van der Waals surface area contributed by atoms with Gasteiger partial charge >= 0.3 is 0 Å². The molecular weight excluding hydrogens is 523 g/mol. The average molecular weight is 534 g/mol. The van der Waals surface area contributed by atoms with Gasteiger partial charge in [0.05, 0.1) is 15.3 Å². The van der Waals surface area contributed by atoms with Crippen LogP contribution in [0, 0.1) is 11.3 Å². The van der Waals surface area contributed by atoms with E-state index < -0.39 is 0 Å². The molecule has 3 heterocycles. The Labute approximate surface area is 199 Å². The second-order valence-corrected chi connectivity index (χ2v) is 8.94. The van der Waals surface area contributed by atoms with Crippen LogP contribution in [0.4, 0.5) is 5.82 Å². The van der Waals surface area contributed by atoms with Gasteiger partial charge in [-0.15, -0.1) is 21.5 Å². The average Bonchev–Trinajstić information content (AvgIpc) is 3.31. The summed E-state index contributed by atoms with van der Waals surface area (Å²) in [5.74, 6) is 0.631. The summed E-state index contributed by atoms with van der Waals surface area (Å²) in [6.07, 6.45) is 1.57. The minimum Gasteiger partial charge on any atom is -0.315 e. The molecule has 154 valence electrons. The Morgan fingerprint density at radius 1 is 1.23 bits per heavy atom. The summed E-state index contributed by atoms with van der Waals surface area (Å²) in [5, 5.41) is 21.8. The molecule has 0 radical (unpaired) electrons. The Kier molecular flexibility index (Phi) is 6.07. The van der Waals surface area contributed by atoms with E-state index in [2.05, 4.69) is 47.5 Å². The summed E-state index contributed by atoms with van der Waals surface area (Å²) in [7, 11) is 0. The molecule has 0 atom stereocenters. The van der Waals surface area contributed by atoms with Gasteiger partial charge in [-0.25, -0.2) is 4.98 Å². The summed E-state index contributed by atoms with van der Waals surface area (Å²) in [4.78, 5) is 20.0. The normalized spacial score (nSPS) is 10.7. The molecule has 0 aliphatic heterocycles. The number of hydrogen-bond donors (Lipinski definition) is 2. The van der Waals surface area contributed by atoms with Crippen LogP contribution in [-0.2, 0) is 4.79 Å². The Morgan fingerprint density at radius 3 is 2.68 bits per heavy atom. The van der Waals surface area contributed by atoms with Crippen LogP contribution in [-0.4, -0.2) is 26.1 Å². The van der Waals surface area contributed by atoms with Gasteiger partial charge in [-0.1, -0.05) is 29.3 Å². The smallest absolute Gasteiger partial charge is 0.222 e. The van der Waals surface area contributed by atoms with E-state index in [4.69, 9.17) is 23.2 Å². The molecule has 0 fully saturated rings. The number of carbonyl (C=O) groups excluding carboxylic acids is 1. The number of halogens is 3. The number of benzene rings is 1. The van der Waals surface area contributed by atoms with E-state index in [1.165, 1.54) is 18.3 Å². The lowest BCUT2D eigenvalue weighted by Gasteiger charge is -2.07. The second kappa shape index (κ2) is 8.77. The van der Waals surface area contributed by atoms with Gasteiger partial charge in [0.1, 0.15) is 11.9 Å². The van der Waals surface area contributed by atoms with Gasteiger partial charge in [0, 0.05) is 34.3 Å². The Hall–Kier alpha value is -2.77. The van der Waals surface area contributed by atoms with Crippen molar-refractivity contribution in [3.8, 4) is 38.3 Å². The maximum Gasteiger partial charge on any atom is 0.222 e. The molecule has 31 heavy (non-hydrogen) atoms. The van der Waals surface area contributed by atoms with Crippen molar-refractivity contribution in [2.24, 2.45) is 0 Å². The van der Waals surface area contributed by atoms with Gasteiger partial charge in [-0.2, -0.15) is 5.26 Å². The molecule has 4 rings (SSSR count). The number of anilines is 1. The highest BCUT2D eigenvalue weighted by Gasteiger charge is 2.25. The first kappa shape index (κ1) is 21.5. The van der Waals surface area contributed by atoms with Gasteiger partial charge < -0.3 is 10.3 Å². The third kappa shape index (κ3) is 4.34. The highest BCUT2D eigenvalue weighted by atomic mass is 79.9. The number of aromatic nitrogens is 4. The number of nitrogens with one attached hydrogen (secondary N) is 2. The summed E-state index contributed by atoms with van der Waals surface area (Å²) < 4.78 is 0.459. The first-order valence-corrected chi connectivity index (χ1v) is 11.1. The van der Waals surface area contributed by atoms with Gasteiger partial charge in [0.15, 0.2) is 10.6 Å². The monoisotopic (exact) mass is 532 g/mol. The van der Waals surface area contributed by atoms with Crippen molar-refractivity contribution in [2.45, 2.75) is 6.92 Å². The summed E-state index contributed by atoms with van der Waals surface area (Å²) >= 11 is 17.2. The van der Waals surface area contributed by atoms with Gasteiger partial charge in [0.2, 0.25) is 5.91 Å². The Morgan fingerprint density at radius 2 is 2.03 bits per heavy atom. The van der Waals surface area contributed by atoms with Crippen molar-refractivity contribution in [1.29, 1.82) is 5.26 Å². The summed E-state index contributed by atoms with van der Waals surface area (Å²) in [5.41, 5.74) is 2.39. The van der Waals surface area contributed by atoms with Gasteiger partial charge in [-0.05, 0) is 45.8 Å². The lowest BCUT2D eigenvalue weighted by Crippen LogP contribution is -2.07. The third-order valence-corrected chi connectivity index (χ3v) is 6.37. The lowest BCUT2D eigenvalue weighted by atomic mass is 9.98. The van der Waals surface area contributed by atoms with Crippen LogP contribution in [0.25, 0.3) is 32.3 Å². The Balaban J connectivity index is 1.99. The van der Waals surface area contributed by atoms with Crippen LogP contribution >= 0.6 is 50.5 Å². The molecule has 0 aliphatic rings. The zero-order valence-corrected chi connectivity index (χ0v) is 19.6. The molecule has 0 unspecified atom stereocenters. The third-order valence-electron chi connectivity index (χ3n) is 4.22. The Bertz CT molecular complexity index is 1360. The number of pyridine rings is 1. The van der Waals surface area contributed by atoms with E-state index in [-0.39, 0.29) is 5.91 Å². The van der Waals surface area contributed by atoms with Gasteiger partial charge in [0.25, 0.3) is 0 Å². The standard InChI is InChI=1S/C20H11BrCl2N6OS/c1-9(30)26-15-6-10(4-5-25-15)17-13(8-24)16(12-3-2-11(22)7-14(12)23)18(31-17)19-27-20(21)29-28-19/h2-7H,1H3,(H,25,26,30)(H,27,28,29). The first-order chi connectivity index (χ1) is 14.9. The maximum atomic E-state index is 11.4. The fourth-order valence-corrected chi connectivity index (χ4v) is 4.99. The molecular formula is C20H11BrCl2N6OS. The van der Waals surface area contributed by atoms with Crippen molar-refractivity contribution < 1.29 is 4.79 Å². The second-order valence-electron chi connectivity index (χ2n) is 6.32. The molecule has 0 saturated carbocycles. The zero-order chi connectivity index (χ0) is 22.1. The molecule has 0 spiro atoms. The van der Waals surface area contributed by atoms with Crippen molar-refractivity contribution >= 4 is 62.2 Å². The van der Waals surface area contributed by atoms with Crippen molar-refractivity contribution in [2.75, 3.05) is 5.32 Å². The number of nitrogens with zero attached hydrogens (tertiary/aromatic N) is 4. The first-order valence-electron chi connectivity index (χ1n) is 8.72. The predicted octanol–water partition coefficient (Wildman–Crippen LogP) is 6.16. The van der Waals surface area contributed by atoms with Crippen molar-refractivity contribution in [3.05, 3.63) is 56.9 Å². The maximum absolute atomic E-state index is 11.4. The minimum absolute atomic E-state index is 0.239. The summed E-state index contributed by atoms with van der Waals surface area (Å²) in [6, 6.07) is 10.9. The summed E-state index contributed by atoms with van der Waals surface area (Å²) in [6.45, 7) is 1.40. The number of thiophene rings is 1. The van der Waals surface area contributed by atoms with Crippen molar-refractivity contribution in [1.82, 2.24) is 20.2 Å². The SMILES string of the molecule is CC(=O)Nc1cc(-c2sc(-c3nnc(Br)[nH]3)c(-c3ccc(Cl)cc3Cl)c2C#N)ccn1. The highest BCUT2D eigenvalue weighted by molar-refractivity contribution is 9.10. The number of H-pyrrole nitrogens is 1. The van der Waals surface area contributed by atoms with Crippen LogP contribution in [0.15, 0.2) is 41.3 Å². The quantitative estimate of drug-likeness (QED) is 0.326. The largest absolute Gasteiger partial charge is 0.315 e. The lowest BCUT2D eigenvalue weighted by molar-refractivity contribution is -0.114. The van der Waals surface area contributed by atoms with Crippen LogP contribution in [0.5, 0.6) is 0 Å². The molecule has 2 N–H and O–H groups in total. The van der Waals surface area contributed by atoms with E-state index >= 15 is 0 Å². The van der Waals surface area contributed by atoms with Crippen LogP contribution < -0.4 is 5.32 Å². The minimum atomic E-state index is -0.239. The molecule has 0 aliphatic carbocycles. The van der Waals surface area contributed by atoms with Crippen molar-refractivity contribution in [3.63, 3.8) is 0 Å². The molecule has 4 aromatic rings. The highest BCUT2D eigenvalue weighted by Crippen LogP contribution is 2.48. The van der Waals surface area contributed by atoms with E-state index in [1.54, 1.807) is 36.5 Å². The topological polar surface area (TPSA) is 107 Å². The predicted molar refractivity (Wildman–Crippen MR) is 125 cm³/mol. The number of hydrogen-bond acceptors (Lipinski definition) is 6. The number of amides is 1. The molecule has 3 aromatic heterocycles. The molecule has 11 heteroatoms. The van der Waals surface area contributed by atoms with E-state index in [1.807, 2.05) is 0 Å². The van der Waals surface area contributed by atoms with E-state index in [9.17, 15) is 10.1 Å². The molecule has 0 saturated heterocycles. The van der Waals surface area contributed by atoms with Crippen LogP contribution in [0.2, 0.25) is 10.0 Å². The van der Waals surface area contributed by atoms with Gasteiger partial charge in [-0.3, -0.25) is 4.79 Å². The number of nitriles is 1. The zero-order valence-electron chi connectivity index (χ0n) is 15.7. The molecule has 7 nitrogen and oxygen atoms in total. The van der Waals surface area contributed by atoms with Crippen LogP contribution in [0.1, 0.15) is 12.5 Å². The van der Waals surface area contributed by atoms with Crippen LogP contribution in [0.3, 0.4) is 0 Å². The fraction of sp³-hybridized carbons (Fsp3) is 0.0500. The number of carbonyl (C=O) groups is 1. The van der Waals surface area contributed by atoms with E-state index in [0.717, 1.165) is 5.56 Å². The number of aromatic amines is 1. The molecule has 1 aromatic carbocycles.